The summed E-state index contributed by atoms with van der Waals surface area (Å²) in [6, 6.07) is 19.8. The maximum Gasteiger partial charge on any atom is 0.0703 e. The molecule has 1 atom stereocenters. The average Bonchev–Trinajstić information content (AvgIpc) is 3.18. The smallest absolute Gasteiger partial charge is 0.0703 e. The molecule has 0 bridgehead atoms. The minimum absolute atomic E-state index is 0. The van der Waals surface area contributed by atoms with Gasteiger partial charge in [0.1, 0.15) is 0 Å². The van der Waals surface area contributed by atoms with Gasteiger partial charge in [0, 0.05) is 48.0 Å². The van der Waals surface area contributed by atoms with Crippen molar-refractivity contribution in [3.63, 3.8) is 0 Å². The van der Waals surface area contributed by atoms with Crippen LogP contribution in [-0.2, 0) is 4.74 Å². The van der Waals surface area contributed by atoms with Crippen molar-refractivity contribution in [2.75, 3.05) is 26.3 Å². The molecule has 4 aromatic rings. The van der Waals surface area contributed by atoms with E-state index in [4.69, 9.17) is 4.74 Å². The summed E-state index contributed by atoms with van der Waals surface area (Å²) < 4.78 is 7.79. The van der Waals surface area contributed by atoms with Crippen LogP contribution in [0.25, 0.3) is 27.5 Å². The fourth-order valence-corrected chi connectivity index (χ4v) is 4.16. The standard InChI is InChI=1S/C23H23N3O.ClH/c1-17(25-12-14-27-15-13-25)20-5-2-6-23-21(20)9-11-26(23)19-7-8-22-18(16-19)4-3-10-24-22;/h2-11,16-17H,12-15H2,1H3;1H. The zero-order valence-electron chi connectivity index (χ0n) is 15.9. The number of hydrogen-bond donors (Lipinski definition) is 0. The summed E-state index contributed by atoms with van der Waals surface area (Å²) in [5.74, 6) is 0. The van der Waals surface area contributed by atoms with E-state index in [0.717, 1.165) is 37.2 Å². The second-order valence-electron chi connectivity index (χ2n) is 7.17. The van der Waals surface area contributed by atoms with Crippen molar-refractivity contribution in [2.45, 2.75) is 13.0 Å². The molecule has 0 saturated carbocycles. The van der Waals surface area contributed by atoms with Gasteiger partial charge in [0.15, 0.2) is 0 Å². The normalized spacial score (nSPS) is 16.2. The van der Waals surface area contributed by atoms with Crippen molar-refractivity contribution < 1.29 is 4.74 Å². The third kappa shape index (κ3) is 3.28. The quantitative estimate of drug-likeness (QED) is 0.491. The topological polar surface area (TPSA) is 30.3 Å². The first kappa shape index (κ1) is 18.9. The Hall–Kier alpha value is -2.40. The largest absolute Gasteiger partial charge is 0.379 e. The number of rotatable bonds is 3. The van der Waals surface area contributed by atoms with Crippen LogP contribution in [0.15, 0.2) is 67.0 Å². The molecule has 1 aliphatic heterocycles. The first-order valence-electron chi connectivity index (χ1n) is 9.58. The molecule has 28 heavy (non-hydrogen) atoms. The third-order valence-corrected chi connectivity index (χ3v) is 5.67. The van der Waals surface area contributed by atoms with E-state index in [1.807, 2.05) is 12.3 Å². The molecule has 2 aromatic heterocycles. The molecule has 0 spiro atoms. The van der Waals surface area contributed by atoms with Gasteiger partial charge in [-0.2, -0.15) is 0 Å². The van der Waals surface area contributed by atoms with E-state index < -0.39 is 0 Å². The van der Waals surface area contributed by atoms with Gasteiger partial charge in [-0.1, -0.05) is 18.2 Å². The molecule has 144 valence electrons. The summed E-state index contributed by atoms with van der Waals surface area (Å²) in [4.78, 5) is 6.94. The van der Waals surface area contributed by atoms with Gasteiger partial charge in [0.25, 0.3) is 0 Å². The third-order valence-electron chi connectivity index (χ3n) is 5.67. The molecule has 2 aromatic carbocycles. The Labute approximate surface area is 171 Å². The van der Waals surface area contributed by atoms with E-state index in [1.54, 1.807) is 0 Å². The molecule has 0 radical (unpaired) electrons. The van der Waals surface area contributed by atoms with Crippen LogP contribution >= 0.6 is 12.4 Å². The van der Waals surface area contributed by atoms with Crippen LogP contribution in [0.5, 0.6) is 0 Å². The van der Waals surface area contributed by atoms with Crippen LogP contribution in [-0.4, -0.2) is 40.8 Å². The number of aromatic nitrogens is 2. The molecule has 0 aliphatic carbocycles. The molecule has 5 rings (SSSR count). The highest BCUT2D eigenvalue weighted by molar-refractivity contribution is 5.87. The van der Waals surface area contributed by atoms with Crippen LogP contribution in [0.2, 0.25) is 0 Å². The summed E-state index contributed by atoms with van der Waals surface area (Å²) in [5.41, 5.74) is 4.83. The van der Waals surface area contributed by atoms with E-state index in [0.29, 0.717) is 6.04 Å². The average molecular weight is 394 g/mol. The van der Waals surface area contributed by atoms with Gasteiger partial charge in [-0.3, -0.25) is 9.88 Å². The van der Waals surface area contributed by atoms with Crippen LogP contribution in [0.3, 0.4) is 0 Å². The number of ether oxygens (including phenoxy) is 1. The van der Waals surface area contributed by atoms with Crippen molar-refractivity contribution >= 4 is 34.2 Å². The van der Waals surface area contributed by atoms with Gasteiger partial charge in [-0.15, -0.1) is 12.4 Å². The Morgan fingerprint density at radius 2 is 1.86 bits per heavy atom. The maximum absolute atomic E-state index is 5.52. The maximum atomic E-state index is 5.52. The lowest BCUT2D eigenvalue weighted by Crippen LogP contribution is -2.38. The molecule has 1 saturated heterocycles. The molecule has 5 heteroatoms. The molecule has 3 heterocycles. The van der Waals surface area contributed by atoms with Gasteiger partial charge in [-0.25, -0.2) is 0 Å². The Balaban J connectivity index is 0.00000192. The van der Waals surface area contributed by atoms with Crippen LogP contribution in [0.4, 0.5) is 0 Å². The first-order chi connectivity index (χ1) is 13.3. The first-order valence-corrected chi connectivity index (χ1v) is 9.58. The minimum Gasteiger partial charge on any atom is -0.379 e. The predicted octanol–water partition coefficient (Wildman–Crippen LogP) is 4.99. The van der Waals surface area contributed by atoms with Crippen LogP contribution < -0.4 is 0 Å². The van der Waals surface area contributed by atoms with E-state index in [9.17, 15) is 0 Å². The fourth-order valence-electron chi connectivity index (χ4n) is 4.16. The Kier molecular flexibility index (Phi) is 5.36. The predicted molar refractivity (Wildman–Crippen MR) is 117 cm³/mol. The minimum atomic E-state index is 0. The zero-order chi connectivity index (χ0) is 18.2. The lowest BCUT2D eigenvalue weighted by atomic mass is 10.0. The van der Waals surface area contributed by atoms with E-state index in [2.05, 4.69) is 76.1 Å². The number of pyridine rings is 1. The van der Waals surface area contributed by atoms with Gasteiger partial charge in [0.2, 0.25) is 0 Å². The van der Waals surface area contributed by atoms with Crippen molar-refractivity contribution in [3.05, 3.63) is 72.6 Å². The number of benzene rings is 2. The number of nitrogens with zero attached hydrogens (tertiary/aromatic N) is 3. The lowest BCUT2D eigenvalue weighted by Gasteiger charge is -2.32. The van der Waals surface area contributed by atoms with Gasteiger partial charge >= 0.3 is 0 Å². The van der Waals surface area contributed by atoms with Crippen LogP contribution in [0.1, 0.15) is 18.5 Å². The highest BCUT2D eigenvalue weighted by Gasteiger charge is 2.20. The Morgan fingerprint density at radius 3 is 2.71 bits per heavy atom. The highest BCUT2D eigenvalue weighted by atomic mass is 35.5. The number of hydrogen-bond acceptors (Lipinski definition) is 3. The van der Waals surface area contributed by atoms with Gasteiger partial charge in [-0.05, 0) is 48.9 Å². The highest BCUT2D eigenvalue weighted by Crippen LogP contribution is 2.31. The molecular weight excluding hydrogens is 370 g/mol. The number of halogens is 1. The number of morpholine rings is 1. The molecule has 4 nitrogen and oxygen atoms in total. The van der Waals surface area contributed by atoms with E-state index in [-0.39, 0.29) is 12.4 Å². The molecule has 1 aliphatic rings. The van der Waals surface area contributed by atoms with Crippen LogP contribution in [0, 0.1) is 0 Å². The van der Waals surface area contributed by atoms with Crippen molar-refractivity contribution in [2.24, 2.45) is 0 Å². The number of fused-ring (bicyclic) bond motifs is 2. The summed E-state index contributed by atoms with van der Waals surface area (Å²) in [6.07, 6.45) is 4.02. The second-order valence-corrected chi connectivity index (χ2v) is 7.17. The summed E-state index contributed by atoms with van der Waals surface area (Å²) in [7, 11) is 0. The lowest BCUT2D eigenvalue weighted by molar-refractivity contribution is 0.0201. The van der Waals surface area contributed by atoms with E-state index in [1.165, 1.54) is 22.2 Å². The zero-order valence-corrected chi connectivity index (χ0v) is 16.7. The summed E-state index contributed by atoms with van der Waals surface area (Å²) >= 11 is 0. The Bertz CT molecular complexity index is 1100. The van der Waals surface area contributed by atoms with Crippen molar-refractivity contribution in [3.8, 4) is 5.69 Å². The fraction of sp³-hybridized carbons (Fsp3) is 0.261. The molecule has 1 unspecified atom stereocenters. The van der Waals surface area contributed by atoms with Crippen molar-refractivity contribution in [1.29, 1.82) is 0 Å². The summed E-state index contributed by atoms with van der Waals surface area (Å²) in [5, 5.41) is 2.48. The molecular formula is C23H24ClN3O. The molecule has 1 fully saturated rings. The molecule has 0 N–H and O–H groups in total. The van der Waals surface area contributed by atoms with Gasteiger partial charge < -0.3 is 9.30 Å². The SMILES string of the molecule is CC(c1cccc2c1ccn2-c1ccc2ncccc2c1)N1CCOCC1.Cl. The summed E-state index contributed by atoms with van der Waals surface area (Å²) in [6.45, 7) is 5.95. The monoisotopic (exact) mass is 393 g/mol. The molecule has 0 amide bonds. The van der Waals surface area contributed by atoms with Crippen molar-refractivity contribution in [1.82, 2.24) is 14.5 Å². The second kappa shape index (κ2) is 7.92. The van der Waals surface area contributed by atoms with E-state index >= 15 is 0 Å². The van der Waals surface area contributed by atoms with Gasteiger partial charge in [0.05, 0.1) is 24.2 Å². The Morgan fingerprint density at radius 1 is 1.00 bits per heavy atom.